The number of hydrogen-bond acceptors (Lipinski definition) is 12. The third-order valence-electron chi connectivity index (χ3n) is 3.53. The highest BCUT2D eigenvalue weighted by molar-refractivity contribution is 14.1. The summed E-state index contributed by atoms with van der Waals surface area (Å²) < 4.78 is 59.5. The quantitative estimate of drug-likeness (QED) is 0.0776. The van der Waals surface area contributed by atoms with Crippen LogP contribution in [0.1, 0.15) is 17.6 Å². The smallest absolute Gasteiger partial charge is 0.378 e. The van der Waals surface area contributed by atoms with E-state index in [4.69, 9.17) is 23.8 Å². The molecule has 1 saturated heterocycles. The van der Waals surface area contributed by atoms with Crippen molar-refractivity contribution in [1.82, 2.24) is 15.0 Å². The van der Waals surface area contributed by atoms with E-state index in [0.29, 0.717) is 12.1 Å². The van der Waals surface area contributed by atoms with Crippen LogP contribution in [0.5, 0.6) is 0 Å². The molecule has 0 amide bonds. The highest BCUT2D eigenvalue weighted by Gasteiger charge is 2.43. The van der Waals surface area contributed by atoms with Gasteiger partial charge >= 0.3 is 23.5 Å². The molecule has 1 aromatic rings. The van der Waals surface area contributed by atoms with Gasteiger partial charge in [-0.25, -0.2) is 13.7 Å². The van der Waals surface area contributed by atoms with E-state index in [9.17, 15) is 23.5 Å². The summed E-state index contributed by atoms with van der Waals surface area (Å²) in [5.41, 5.74) is -0.00496. The lowest BCUT2D eigenvalue weighted by molar-refractivity contribution is -0.0455. The topological polar surface area (TPSA) is 209 Å². The molecule has 0 saturated carbocycles. The molecule has 2 heterocycles. The molecule has 0 aliphatic carbocycles. The maximum absolute atomic E-state index is 12.0. The first-order valence-electron chi connectivity index (χ1n) is 8.32. The summed E-state index contributed by atoms with van der Waals surface area (Å²) in [5.74, 6) is 0. The lowest BCUT2D eigenvalue weighted by atomic mass is 9.96. The van der Waals surface area contributed by atoms with E-state index in [-0.39, 0.29) is 6.00 Å². The van der Waals surface area contributed by atoms with Crippen LogP contribution in [0, 0.1) is 0 Å². The van der Waals surface area contributed by atoms with Gasteiger partial charge in [-0.1, -0.05) is 26.8 Å². The van der Waals surface area contributed by atoms with Crippen LogP contribution in [0.25, 0.3) is 0 Å². The molecule has 22 heteroatoms. The highest BCUT2D eigenvalue weighted by Crippen LogP contribution is 2.66. The van der Waals surface area contributed by atoms with E-state index in [1.54, 1.807) is 18.4 Å². The second kappa shape index (κ2) is 12.3. The number of nitrogens with zero attached hydrogens (tertiary/aromatic N) is 3. The molecule has 1 aliphatic rings. The summed E-state index contributed by atoms with van der Waals surface area (Å²) in [6.07, 6.45) is 2.37. The molecule has 1 fully saturated rings. The fraction of sp³-hybridized carbons (Fsp3) is 0.800. The van der Waals surface area contributed by atoms with Crippen LogP contribution in [0.3, 0.4) is 0 Å². The molecule has 6 atom stereocenters. The zero-order chi connectivity index (χ0) is 24.2. The predicted octanol–water partition coefficient (Wildman–Crippen LogP) is 1.72. The average Bonchev–Trinajstić information content (AvgIpc) is 3.22. The number of phosphoric acid groups is 3. The van der Waals surface area contributed by atoms with Gasteiger partial charge in [-0.3, -0.25) is 9.21 Å². The minimum Gasteiger partial charge on any atom is -0.378 e. The number of phosphoric ester groups is 1. The van der Waals surface area contributed by atoms with Gasteiger partial charge in [-0.15, -0.1) is 5.10 Å². The standard InChI is InChI=1S/C10H19BIN3O12P3S2/c1-15-4-6(13-14-15)10(32-31-2)25-7-3-9(11-12)24-8(7)5-23-29(19,20)27-30(21,22)26-28(16,17)18/h4,7-10H,3,5H2,1-2H3,(H,19,20)(H,21,22)(H2,16,17,18). The Labute approximate surface area is 204 Å². The molecule has 1 radical (unpaired) electrons. The average molecular weight is 668 g/mol. The molecule has 0 bridgehead atoms. The summed E-state index contributed by atoms with van der Waals surface area (Å²) in [6.45, 7) is -0.605. The van der Waals surface area contributed by atoms with E-state index in [1.807, 2.05) is 28.6 Å². The molecular weight excluding hydrogens is 649 g/mol. The van der Waals surface area contributed by atoms with Crippen LogP contribution < -0.4 is 0 Å². The normalized spacial score (nSPS) is 26.4. The third kappa shape index (κ3) is 9.91. The summed E-state index contributed by atoms with van der Waals surface area (Å²) in [5, 5.41) is 9.62. The van der Waals surface area contributed by atoms with E-state index in [2.05, 4.69) is 18.9 Å². The molecule has 183 valence electrons. The maximum atomic E-state index is 12.0. The Bertz CT molecular complexity index is 909. The maximum Gasteiger partial charge on any atom is 0.490 e. The largest absolute Gasteiger partial charge is 0.490 e. The first kappa shape index (κ1) is 29.2. The van der Waals surface area contributed by atoms with Gasteiger partial charge in [0.15, 0.2) is 5.44 Å². The van der Waals surface area contributed by atoms with Gasteiger partial charge in [0.25, 0.3) is 0 Å². The highest BCUT2D eigenvalue weighted by atomic mass is 127. The summed E-state index contributed by atoms with van der Waals surface area (Å²) >= 11 is 1.98. The summed E-state index contributed by atoms with van der Waals surface area (Å²) in [7, 11) is -11.9. The lowest BCUT2D eigenvalue weighted by Crippen LogP contribution is -2.30. The molecule has 0 spiro atoms. The first-order valence-corrected chi connectivity index (χ1v) is 16.7. The van der Waals surface area contributed by atoms with Gasteiger partial charge in [-0.2, -0.15) is 31.0 Å². The minimum absolute atomic E-state index is 0.374. The van der Waals surface area contributed by atoms with Crippen LogP contribution in [0.15, 0.2) is 6.20 Å². The predicted molar refractivity (Wildman–Crippen MR) is 123 cm³/mol. The van der Waals surface area contributed by atoms with E-state index < -0.39 is 47.7 Å². The Hall–Kier alpha value is 0.965. The fourth-order valence-corrected chi connectivity index (χ4v) is 7.47. The number of halogens is 1. The van der Waals surface area contributed by atoms with Gasteiger partial charge in [0.2, 0.25) is 5.14 Å². The van der Waals surface area contributed by atoms with Gasteiger partial charge in [0.05, 0.1) is 18.9 Å². The van der Waals surface area contributed by atoms with Crippen molar-refractivity contribution in [2.24, 2.45) is 7.05 Å². The van der Waals surface area contributed by atoms with Crippen LogP contribution in [0.4, 0.5) is 0 Å². The Morgan fingerprint density at radius 2 is 2.00 bits per heavy atom. The van der Waals surface area contributed by atoms with E-state index in [0.717, 1.165) is 0 Å². The Kier molecular flexibility index (Phi) is 11.2. The van der Waals surface area contributed by atoms with Crippen molar-refractivity contribution >= 4 is 72.6 Å². The van der Waals surface area contributed by atoms with Crippen molar-refractivity contribution in [1.29, 1.82) is 0 Å². The fourth-order valence-electron chi connectivity index (χ4n) is 2.45. The lowest BCUT2D eigenvalue weighted by Gasteiger charge is -2.24. The second-order valence-corrected chi connectivity index (χ2v) is 13.7. The molecule has 1 aliphatic heterocycles. The van der Waals surface area contributed by atoms with Crippen molar-refractivity contribution in [2.75, 3.05) is 12.9 Å². The molecule has 15 nitrogen and oxygen atoms in total. The van der Waals surface area contributed by atoms with Crippen molar-refractivity contribution in [2.45, 2.75) is 30.1 Å². The summed E-state index contributed by atoms with van der Waals surface area (Å²) in [6, 6.07) is -0.378. The number of rotatable bonds is 13. The molecule has 2 rings (SSSR count). The SMILES string of the molecule is CSSC(OC1CC([B]I)OC1COP(=O)(O)OP(=O)(O)OP(=O)(O)O)c1cn(C)nn1. The van der Waals surface area contributed by atoms with Crippen molar-refractivity contribution < 1.29 is 55.9 Å². The zero-order valence-electron chi connectivity index (χ0n) is 16.3. The molecule has 1 aromatic heterocycles. The van der Waals surface area contributed by atoms with E-state index >= 15 is 0 Å². The number of ether oxygens (including phenoxy) is 2. The van der Waals surface area contributed by atoms with Crippen molar-refractivity contribution in [3.8, 4) is 0 Å². The van der Waals surface area contributed by atoms with Gasteiger partial charge in [-0.05, 0) is 12.7 Å². The van der Waals surface area contributed by atoms with Gasteiger partial charge in [0.1, 0.15) is 11.8 Å². The Morgan fingerprint density at radius 1 is 1.31 bits per heavy atom. The van der Waals surface area contributed by atoms with Crippen molar-refractivity contribution in [3.05, 3.63) is 11.9 Å². The molecule has 32 heavy (non-hydrogen) atoms. The monoisotopic (exact) mass is 668 g/mol. The first-order chi connectivity index (χ1) is 14.7. The van der Waals surface area contributed by atoms with Crippen LogP contribution in [0.2, 0.25) is 0 Å². The second-order valence-electron chi connectivity index (χ2n) is 6.05. The zero-order valence-corrected chi connectivity index (χ0v) is 22.8. The molecule has 0 aromatic carbocycles. The number of aryl methyl sites for hydroxylation is 1. The molecule has 4 N–H and O–H groups in total. The van der Waals surface area contributed by atoms with Crippen LogP contribution in [-0.2, 0) is 43.4 Å². The summed E-state index contributed by atoms with van der Waals surface area (Å²) in [4.78, 5) is 36.1. The van der Waals surface area contributed by atoms with E-state index in [1.165, 1.54) is 26.3 Å². The Balaban J connectivity index is 2.05. The molecule has 6 unspecified atom stereocenters. The van der Waals surface area contributed by atoms with Crippen molar-refractivity contribution in [3.63, 3.8) is 0 Å². The number of aromatic nitrogens is 3. The third-order valence-corrected chi connectivity index (χ3v) is 9.96. The van der Waals surface area contributed by atoms with Crippen LogP contribution in [-0.4, -0.2) is 70.8 Å². The minimum atomic E-state index is -5.60. The molecular formula is C10H19BIN3O12P3S2. The van der Waals surface area contributed by atoms with Gasteiger partial charge < -0.3 is 29.0 Å². The number of hydrogen-bond donors (Lipinski definition) is 4. The Morgan fingerprint density at radius 3 is 2.53 bits per heavy atom. The van der Waals surface area contributed by atoms with Crippen LogP contribution >= 0.6 is 67.4 Å². The van der Waals surface area contributed by atoms with Gasteiger partial charge in [0, 0.05) is 13.1 Å².